The predicted molar refractivity (Wildman–Crippen MR) is 67.1 cm³/mol. The van der Waals surface area contributed by atoms with Crippen molar-refractivity contribution in [2.24, 2.45) is 0 Å². The zero-order chi connectivity index (χ0) is 11.1. The Morgan fingerprint density at radius 1 is 1.36 bits per heavy atom. The average Bonchev–Trinajstić information content (AvgIpc) is 2.04. The van der Waals surface area contributed by atoms with Crippen LogP contribution in [0.25, 0.3) is 0 Å². The van der Waals surface area contributed by atoms with Crippen LogP contribution in [-0.2, 0) is 0 Å². The zero-order valence-corrected chi connectivity index (χ0v) is 10.0. The molecule has 4 heteroatoms. The van der Waals surface area contributed by atoms with E-state index in [9.17, 15) is 4.79 Å². The Morgan fingerprint density at radius 3 is 1.93 bits per heavy atom. The molecule has 0 amide bonds. The van der Waals surface area contributed by atoms with Crippen molar-refractivity contribution in [2.75, 3.05) is 0 Å². The second kappa shape index (κ2) is 6.84. The number of carbonyl (C=O) groups is 1. The lowest BCUT2D eigenvalue weighted by atomic mass is 9.79. The van der Waals surface area contributed by atoms with Gasteiger partial charge < -0.3 is 0 Å². The normalized spacial score (nSPS) is 8.57. The number of aryl methyl sites for hydroxylation is 2. The summed E-state index contributed by atoms with van der Waals surface area (Å²) in [6, 6.07) is 5.89. The first-order chi connectivity index (χ1) is 6.54. The molecule has 0 saturated heterocycles. The molecule has 0 heterocycles. The van der Waals surface area contributed by atoms with Crippen LogP contribution >= 0.6 is 9.12 Å². The molecule has 0 aromatic heterocycles. The molecular formula is C10H14B2OP. The quantitative estimate of drug-likeness (QED) is 0.387. The minimum atomic E-state index is 0.153. The average molecular weight is 203 g/mol. The zero-order valence-electron chi connectivity index (χ0n) is 8.87. The van der Waals surface area contributed by atoms with Crippen molar-refractivity contribution < 1.29 is 4.79 Å². The maximum Gasteiger partial charge on any atom is 0.160 e. The van der Waals surface area contributed by atoms with Crippen molar-refractivity contribution in [2.45, 2.75) is 20.8 Å². The molecule has 0 spiro atoms. The van der Waals surface area contributed by atoms with Gasteiger partial charge in [0.1, 0.15) is 0 Å². The molecular weight excluding hydrogens is 189 g/mol. The predicted octanol–water partition coefficient (Wildman–Crippen LogP) is 2.07. The Hall–Kier alpha value is -0.550. The van der Waals surface area contributed by atoms with Crippen LogP contribution in [0.15, 0.2) is 18.2 Å². The summed E-state index contributed by atoms with van der Waals surface area (Å²) in [6.45, 7) is 6.95. The molecule has 0 aliphatic rings. The molecule has 1 atom stereocenters. The van der Waals surface area contributed by atoms with E-state index in [2.05, 4.69) is 16.9 Å². The molecule has 1 unspecified atom stereocenters. The fourth-order valence-electron chi connectivity index (χ4n) is 1.37. The van der Waals surface area contributed by atoms with E-state index in [0.29, 0.717) is 0 Å². The van der Waals surface area contributed by atoms with Gasteiger partial charge in [0.05, 0.1) is 6.89 Å². The Balaban J connectivity index is 0.000000500. The largest absolute Gasteiger partial charge is 0.294 e. The van der Waals surface area contributed by atoms with Crippen molar-refractivity contribution in [1.82, 2.24) is 0 Å². The van der Waals surface area contributed by atoms with Crippen LogP contribution in [0, 0.1) is 13.8 Å². The standard InChI is InChI=1S/C10H12O.B2H2P/c1-7-5-4-6-8(2)10(7)9(3)11;1-2-3/h4-6H,1-3H3;3H2. The Kier molecular flexibility index (Phi) is 6.57. The van der Waals surface area contributed by atoms with Crippen molar-refractivity contribution >= 4 is 29.5 Å². The third-order valence-corrected chi connectivity index (χ3v) is 1.83. The third-order valence-electron chi connectivity index (χ3n) is 1.83. The van der Waals surface area contributed by atoms with Crippen LogP contribution in [0.4, 0.5) is 0 Å². The lowest BCUT2D eigenvalue weighted by molar-refractivity contribution is 0.101. The number of hydrogen-bond donors (Lipinski definition) is 0. The molecule has 1 rings (SSSR count). The fraction of sp³-hybridized carbons (Fsp3) is 0.300. The molecule has 0 fully saturated rings. The summed E-state index contributed by atoms with van der Waals surface area (Å²) in [7, 11) is 6.92. The van der Waals surface area contributed by atoms with E-state index in [4.69, 9.17) is 0 Å². The first-order valence-corrected chi connectivity index (χ1v) is 5.03. The molecule has 0 aliphatic carbocycles. The summed E-state index contributed by atoms with van der Waals surface area (Å²) in [4.78, 5) is 11.1. The van der Waals surface area contributed by atoms with Gasteiger partial charge in [0.2, 0.25) is 0 Å². The summed E-state index contributed by atoms with van der Waals surface area (Å²) in [5, 5.41) is 0. The van der Waals surface area contributed by atoms with Crippen molar-refractivity contribution in [1.29, 1.82) is 0 Å². The van der Waals surface area contributed by atoms with E-state index in [-0.39, 0.29) is 5.78 Å². The van der Waals surface area contributed by atoms with Gasteiger partial charge in [0.15, 0.2) is 5.78 Å². The molecule has 0 saturated carbocycles. The molecule has 71 valence electrons. The van der Waals surface area contributed by atoms with Crippen LogP contribution in [-0.4, -0.2) is 20.4 Å². The highest BCUT2D eigenvalue weighted by atomic mass is 31.0. The lowest BCUT2D eigenvalue weighted by Crippen LogP contribution is -1.98. The topological polar surface area (TPSA) is 17.1 Å². The summed E-state index contributed by atoms with van der Waals surface area (Å²) in [5.41, 5.74) is 3.00. The number of carbonyl (C=O) groups excluding carboxylic acids is 1. The van der Waals surface area contributed by atoms with Crippen molar-refractivity contribution in [3.8, 4) is 0 Å². The summed E-state index contributed by atoms with van der Waals surface area (Å²) >= 11 is 0. The van der Waals surface area contributed by atoms with Gasteiger partial charge in [-0.3, -0.25) is 4.79 Å². The van der Waals surface area contributed by atoms with Gasteiger partial charge >= 0.3 is 0 Å². The van der Waals surface area contributed by atoms with Gasteiger partial charge in [-0.2, -0.15) is 9.12 Å². The SMILES string of the molecule is CC(=O)c1c(C)cccc1C.[B][B]P. The molecule has 14 heavy (non-hydrogen) atoms. The molecule has 3 radical (unpaired) electrons. The van der Waals surface area contributed by atoms with Crippen LogP contribution in [0.5, 0.6) is 0 Å². The minimum Gasteiger partial charge on any atom is -0.294 e. The van der Waals surface area contributed by atoms with Gasteiger partial charge in [0, 0.05) is 13.3 Å². The Labute approximate surface area is 90.5 Å². The summed E-state index contributed by atoms with van der Waals surface area (Å²) in [6.07, 6.45) is 0. The Bertz CT molecular complexity index is 293. The van der Waals surface area contributed by atoms with Crippen LogP contribution in [0.1, 0.15) is 28.4 Å². The smallest absolute Gasteiger partial charge is 0.160 e. The highest BCUT2D eigenvalue weighted by Gasteiger charge is 2.05. The lowest BCUT2D eigenvalue weighted by Gasteiger charge is -2.04. The second-order valence-electron chi connectivity index (χ2n) is 3.02. The first kappa shape index (κ1) is 13.4. The minimum absolute atomic E-state index is 0.153. The van der Waals surface area contributed by atoms with Gasteiger partial charge in [0.25, 0.3) is 0 Å². The number of rotatable bonds is 1. The van der Waals surface area contributed by atoms with E-state index in [1.807, 2.05) is 32.0 Å². The van der Waals surface area contributed by atoms with Gasteiger partial charge in [-0.1, -0.05) is 18.2 Å². The maximum atomic E-state index is 11.1. The van der Waals surface area contributed by atoms with Gasteiger partial charge in [-0.05, 0) is 31.9 Å². The van der Waals surface area contributed by atoms with Gasteiger partial charge in [-0.15, -0.1) is 0 Å². The van der Waals surface area contributed by atoms with E-state index in [0.717, 1.165) is 16.7 Å². The molecule has 0 N–H and O–H groups in total. The third kappa shape index (κ3) is 4.11. The number of Topliss-reactive ketones (excluding diaryl/α,β-unsaturated/α-hetero) is 1. The van der Waals surface area contributed by atoms with Crippen LogP contribution < -0.4 is 0 Å². The van der Waals surface area contributed by atoms with E-state index in [1.165, 1.54) is 6.89 Å². The molecule has 1 aromatic carbocycles. The van der Waals surface area contributed by atoms with E-state index < -0.39 is 0 Å². The van der Waals surface area contributed by atoms with E-state index in [1.54, 1.807) is 6.92 Å². The molecule has 1 aromatic rings. The highest BCUT2D eigenvalue weighted by molar-refractivity contribution is 7.65. The highest BCUT2D eigenvalue weighted by Crippen LogP contribution is 2.12. The monoisotopic (exact) mass is 203 g/mol. The number of benzene rings is 1. The molecule has 0 bridgehead atoms. The van der Waals surface area contributed by atoms with E-state index >= 15 is 0 Å². The Morgan fingerprint density at radius 2 is 1.71 bits per heavy atom. The van der Waals surface area contributed by atoms with Crippen LogP contribution in [0.2, 0.25) is 0 Å². The van der Waals surface area contributed by atoms with Crippen molar-refractivity contribution in [3.63, 3.8) is 0 Å². The van der Waals surface area contributed by atoms with Crippen LogP contribution in [0.3, 0.4) is 0 Å². The molecule has 0 aliphatic heterocycles. The molecule has 1 nitrogen and oxygen atoms in total. The van der Waals surface area contributed by atoms with Crippen molar-refractivity contribution in [3.05, 3.63) is 34.9 Å². The second-order valence-corrected chi connectivity index (χ2v) is 3.40. The summed E-state index contributed by atoms with van der Waals surface area (Å²) < 4.78 is 0. The van der Waals surface area contributed by atoms with Gasteiger partial charge in [-0.25, -0.2) is 0 Å². The first-order valence-electron chi connectivity index (χ1n) is 4.36. The summed E-state index contributed by atoms with van der Waals surface area (Å²) in [5.74, 6) is 0.153. The maximum absolute atomic E-state index is 11.1. The number of ketones is 1. The number of hydrogen-bond acceptors (Lipinski definition) is 1. The fourth-order valence-corrected chi connectivity index (χ4v) is 1.37.